The number of rotatable bonds is 4. The normalized spacial score (nSPS) is 9.79. The lowest BCUT2D eigenvalue weighted by Gasteiger charge is -2.02. The fraction of sp³-hybridized carbons (Fsp3) is 0.364. The SMILES string of the molecule is CCCCOC(=O)c1cccc([O])c1. The van der Waals surface area contributed by atoms with E-state index in [0.29, 0.717) is 12.2 Å². The molecule has 1 rings (SSSR count). The summed E-state index contributed by atoms with van der Waals surface area (Å²) in [7, 11) is 0. The molecule has 1 aromatic rings. The zero-order valence-corrected chi connectivity index (χ0v) is 8.16. The molecule has 0 aliphatic rings. The van der Waals surface area contributed by atoms with Crippen LogP contribution in [0.2, 0.25) is 0 Å². The average molecular weight is 193 g/mol. The van der Waals surface area contributed by atoms with Crippen LogP contribution in [0, 0.1) is 0 Å². The molecule has 75 valence electrons. The fourth-order valence-electron chi connectivity index (χ4n) is 1.02. The molecule has 0 fully saturated rings. The molecule has 3 heteroatoms. The van der Waals surface area contributed by atoms with Gasteiger partial charge in [0.25, 0.3) is 0 Å². The first-order valence-corrected chi connectivity index (χ1v) is 4.68. The van der Waals surface area contributed by atoms with Gasteiger partial charge in [0.1, 0.15) is 0 Å². The Morgan fingerprint density at radius 2 is 2.21 bits per heavy atom. The summed E-state index contributed by atoms with van der Waals surface area (Å²) in [5, 5.41) is 10.9. The van der Waals surface area contributed by atoms with Gasteiger partial charge < -0.3 is 4.74 Å². The molecule has 0 N–H and O–H groups in total. The molecule has 0 unspecified atom stereocenters. The van der Waals surface area contributed by atoms with E-state index in [1.807, 2.05) is 6.92 Å². The lowest BCUT2D eigenvalue weighted by molar-refractivity contribution is 0.0499. The maximum Gasteiger partial charge on any atom is 0.338 e. The number of hydrogen-bond acceptors (Lipinski definition) is 2. The van der Waals surface area contributed by atoms with E-state index < -0.39 is 5.97 Å². The van der Waals surface area contributed by atoms with Crippen LogP contribution in [0.1, 0.15) is 30.1 Å². The zero-order chi connectivity index (χ0) is 10.4. The summed E-state index contributed by atoms with van der Waals surface area (Å²) in [6, 6.07) is 5.82. The second-order valence-electron chi connectivity index (χ2n) is 3.02. The smallest absolute Gasteiger partial charge is 0.338 e. The first-order chi connectivity index (χ1) is 6.74. The quantitative estimate of drug-likeness (QED) is 0.545. The van der Waals surface area contributed by atoms with Crippen LogP contribution in [-0.4, -0.2) is 12.6 Å². The highest BCUT2D eigenvalue weighted by Gasteiger charge is 2.07. The molecule has 0 aliphatic carbocycles. The molecule has 0 atom stereocenters. The topological polar surface area (TPSA) is 46.2 Å². The minimum absolute atomic E-state index is 0.171. The van der Waals surface area contributed by atoms with Gasteiger partial charge in [-0.2, -0.15) is 0 Å². The second-order valence-corrected chi connectivity index (χ2v) is 3.02. The Bertz CT molecular complexity index is 307. The molecule has 14 heavy (non-hydrogen) atoms. The third-order valence-electron chi connectivity index (χ3n) is 1.80. The van der Waals surface area contributed by atoms with Crippen molar-refractivity contribution in [2.45, 2.75) is 19.8 Å². The van der Waals surface area contributed by atoms with E-state index in [0.717, 1.165) is 12.8 Å². The van der Waals surface area contributed by atoms with Gasteiger partial charge in [0.05, 0.1) is 12.2 Å². The van der Waals surface area contributed by atoms with Crippen molar-refractivity contribution in [2.24, 2.45) is 0 Å². The van der Waals surface area contributed by atoms with Gasteiger partial charge in [0.15, 0.2) is 5.75 Å². The van der Waals surface area contributed by atoms with E-state index in [1.165, 1.54) is 12.1 Å². The van der Waals surface area contributed by atoms with Gasteiger partial charge in [-0.15, -0.1) is 0 Å². The Morgan fingerprint density at radius 3 is 2.86 bits per heavy atom. The molecule has 3 nitrogen and oxygen atoms in total. The predicted octanol–water partition coefficient (Wildman–Crippen LogP) is 2.79. The molecule has 0 saturated heterocycles. The highest BCUT2D eigenvalue weighted by molar-refractivity contribution is 5.89. The Morgan fingerprint density at radius 1 is 1.43 bits per heavy atom. The first kappa shape index (κ1) is 10.6. The molecule has 0 amide bonds. The molecular weight excluding hydrogens is 180 g/mol. The first-order valence-electron chi connectivity index (χ1n) is 4.68. The van der Waals surface area contributed by atoms with Crippen LogP contribution in [0.15, 0.2) is 24.3 Å². The molecule has 0 saturated carbocycles. The third kappa shape index (κ3) is 3.09. The lowest BCUT2D eigenvalue weighted by atomic mass is 10.2. The van der Waals surface area contributed by atoms with Crippen molar-refractivity contribution >= 4 is 5.97 Å². The minimum Gasteiger partial charge on any atom is -0.462 e. The number of benzene rings is 1. The summed E-state index contributed by atoms with van der Waals surface area (Å²) in [6.45, 7) is 2.44. The van der Waals surface area contributed by atoms with Crippen molar-refractivity contribution in [1.82, 2.24) is 0 Å². The number of ether oxygens (including phenoxy) is 1. The van der Waals surface area contributed by atoms with Gasteiger partial charge in [-0.3, -0.25) is 5.11 Å². The number of unbranched alkanes of at least 4 members (excludes halogenated alkanes) is 1. The lowest BCUT2D eigenvalue weighted by Crippen LogP contribution is -2.05. The molecule has 0 bridgehead atoms. The average Bonchev–Trinajstić information content (AvgIpc) is 2.18. The van der Waals surface area contributed by atoms with Crippen molar-refractivity contribution < 1.29 is 14.6 Å². The summed E-state index contributed by atoms with van der Waals surface area (Å²) < 4.78 is 4.95. The van der Waals surface area contributed by atoms with Crippen molar-refractivity contribution in [3.63, 3.8) is 0 Å². The van der Waals surface area contributed by atoms with E-state index in [4.69, 9.17) is 4.74 Å². The molecular formula is C11H13O3. The third-order valence-corrected chi connectivity index (χ3v) is 1.80. The molecule has 0 spiro atoms. The van der Waals surface area contributed by atoms with Crippen molar-refractivity contribution in [1.29, 1.82) is 0 Å². The Hall–Kier alpha value is -1.51. The predicted molar refractivity (Wildman–Crippen MR) is 51.8 cm³/mol. The van der Waals surface area contributed by atoms with Crippen LogP contribution in [0.25, 0.3) is 0 Å². The second kappa shape index (κ2) is 5.27. The van der Waals surface area contributed by atoms with E-state index in [9.17, 15) is 9.90 Å². The molecule has 0 heterocycles. The number of carbonyl (C=O) groups is 1. The molecule has 0 aliphatic heterocycles. The zero-order valence-electron chi connectivity index (χ0n) is 8.16. The van der Waals surface area contributed by atoms with Gasteiger partial charge in [0, 0.05) is 0 Å². The van der Waals surface area contributed by atoms with Crippen LogP contribution in [0.5, 0.6) is 5.75 Å². The van der Waals surface area contributed by atoms with E-state index >= 15 is 0 Å². The summed E-state index contributed by atoms with van der Waals surface area (Å²) in [5.41, 5.74) is 0.327. The largest absolute Gasteiger partial charge is 0.462 e. The van der Waals surface area contributed by atoms with Gasteiger partial charge >= 0.3 is 5.97 Å². The summed E-state index contributed by atoms with van der Waals surface area (Å²) in [4.78, 5) is 11.3. The van der Waals surface area contributed by atoms with Crippen LogP contribution in [-0.2, 0) is 9.84 Å². The number of carbonyl (C=O) groups excluding carboxylic acids is 1. The highest BCUT2D eigenvalue weighted by atomic mass is 16.5. The maximum absolute atomic E-state index is 11.3. The monoisotopic (exact) mass is 193 g/mol. The highest BCUT2D eigenvalue weighted by Crippen LogP contribution is 2.12. The van der Waals surface area contributed by atoms with Gasteiger partial charge in [-0.1, -0.05) is 19.4 Å². The molecule has 1 aromatic carbocycles. The number of esters is 1. The van der Waals surface area contributed by atoms with E-state index in [-0.39, 0.29) is 5.75 Å². The summed E-state index contributed by atoms with van der Waals surface area (Å²) in [6.07, 6.45) is 1.83. The van der Waals surface area contributed by atoms with Gasteiger partial charge in [0.2, 0.25) is 0 Å². The summed E-state index contributed by atoms with van der Waals surface area (Å²) in [5.74, 6) is -0.592. The molecule has 1 radical (unpaired) electrons. The van der Waals surface area contributed by atoms with Crippen molar-refractivity contribution in [2.75, 3.05) is 6.61 Å². The van der Waals surface area contributed by atoms with Gasteiger partial charge in [-0.25, -0.2) is 4.79 Å². The van der Waals surface area contributed by atoms with Crippen molar-refractivity contribution in [3.05, 3.63) is 29.8 Å². The Balaban J connectivity index is 2.52. The summed E-state index contributed by atoms with van der Waals surface area (Å²) >= 11 is 0. The van der Waals surface area contributed by atoms with Gasteiger partial charge in [-0.05, 0) is 24.6 Å². The Kier molecular flexibility index (Phi) is 3.98. The molecule has 0 aromatic heterocycles. The van der Waals surface area contributed by atoms with E-state index in [2.05, 4.69) is 0 Å². The van der Waals surface area contributed by atoms with Crippen LogP contribution >= 0.6 is 0 Å². The van der Waals surface area contributed by atoms with Crippen molar-refractivity contribution in [3.8, 4) is 5.75 Å². The maximum atomic E-state index is 11.3. The minimum atomic E-state index is -0.420. The standard InChI is InChI=1S/C11H13O3/c1-2-3-7-14-11(13)9-5-4-6-10(12)8-9/h4-6,8H,2-3,7H2,1H3. The fourth-order valence-corrected chi connectivity index (χ4v) is 1.02. The van der Waals surface area contributed by atoms with Crippen LogP contribution in [0.3, 0.4) is 0 Å². The van der Waals surface area contributed by atoms with E-state index in [1.54, 1.807) is 12.1 Å². The van der Waals surface area contributed by atoms with Crippen LogP contribution in [0.4, 0.5) is 0 Å². The Labute approximate surface area is 83.3 Å². The number of hydrogen-bond donors (Lipinski definition) is 0. The van der Waals surface area contributed by atoms with Crippen LogP contribution < -0.4 is 0 Å².